The highest BCUT2D eigenvalue weighted by atomic mass is 32.1. The van der Waals surface area contributed by atoms with Crippen molar-refractivity contribution in [2.24, 2.45) is 0 Å². The standard InChI is InChI=1S/C12H13N3O2S/c16-10(9-4-2-1-3-5-9)8-14-11(17)15-12-13-6-7-18-12/h1-7,10,16H,8H2,(H2,13,14,15,17)/t10-/m0/s1. The minimum absolute atomic E-state index is 0.154. The van der Waals surface area contributed by atoms with E-state index in [1.807, 2.05) is 30.3 Å². The minimum Gasteiger partial charge on any atom is -0.387 e. The van der Waals surface area contributed by atoms with Gasteiger partial charge in [-0.3, -0.25) is 5.32 Å². The first-order chi connectivity index (χ1) is 8.75. The molecule has 0 radical (unpaired) electrons. The number of hydrogen-bond donors (Lipinski definition) is 3. The highest BCUT2D eigenvalue weighted by Crippen LogP contribution is 2.11. The average molecular weight is 263 g/mol. The van der Waals surface area contributed by atoms with E-state index in [9.17, 15) is 9.90 Å². The number of carbonyl (C=O) groups is 1. The van der Waals surface area contributed by atoms with Gasteiger partial charge in [-0.15, -0.1) is 11.3 Å². The number of carbonyl (C=O) groups excluding carboxylic acids is 1. The maximum Gasteiger partial charge on any atom is 0.321 e. The van der Waals surface area contributed by atoms with Crippen LogP contribution in [-0.4, -0.2) is 22.7 Å². The summed E-state index contributed by atoms with van der Waals surface area (Å²) in [4.78, 5) is 15.4. The fourth-order valence-corrected chi connectivity index (χ4v) is 1.93. The Balaban J connectivity index is 1.79. The number of amides is 2. The Hall–Kier alpha value is -1.92. The zero-order chi connectivity index (χ0) is 12.8. The van der Waals surface area contributed by atoms with E-state index in [0.717, 1.165) is 5.56 Å². The Bertz CT molecular complexity index is 487. The summed E-state index contributed by atoms with van der Waals surface area (Å²) in [6, 6.07) is 8.80. The number of hydrogen-bond acceptors (Lipinski definition) is 4. The van der Waals surface area contributed by atoms with Gasteiger partial charge in [0.2, 0.25) is 0 Å². The first kappa shape index (κ1) is 12.5. The summed E-state index contributed by atoms with van der Waals surface area (Å²) in [6.45, 7) is 0.154. The lowest BCUT2D eigenvalue weighted by atomic mass is 10.1. The lowest BCUT2D eigenvalue weighted by Crippen LogP contribution is -2.32. The van der Waals surface area contributed by atoms with Gasteiger partial charge in [-0.2, -0.15) is 0 Å². The molecule has 0 spiro atoms. The summed E-state index contributed by atoms with van der Waals surface area (Å²) in [6.07, 6.45) is 0.896. The van der Waals surface area contributed by atoms with Crippen molar-refractivity contribution in [3.05, 3.63) is 47.5 Å². The smallest absolute Gasteiger partial charge is 0.321 e. The van der Waals surface area contributed by atoms with Gasteiger partial charge < -0.3 is 10.4 Å². The third-order valence-electron chi connectivity index (χ3n) is 2.29. The highest BCUT2D eigenvalue weighted by Gasteiger charge is 2.09. The molecular weight excluding hydrogens is 250 g/mol. The molecule has 2 rings (SSSR count). The van der Waals surface area contributed by atoms with Crippen LogP contribution in [0.3, 0.4) is 0 Å². The maximum atomic E-state index is 11.5. The molecule has 0 saturated carbocycles. The van der Waals surface area contributed by atoms with E-state index in [1.165, 1.54) is 11.3 Å². The molecule has 5 nitrogen and oxygen atoms in total. The van der Waals surface area contributed by atoms with Crippen LogP contribution in [0.15, 0.2) is 41.9 Å². The minimum atomic E-state index is -0.715. The van der Waals surface area contributed by atoms with E-state index in [-0.39, 0.29) is 12.6 Å². The van der Waals surface area contributed by atoms with Gasteiger partial charge in [0.1, 0.15) is 0 Å². The fourth-order valence-electron chi connectivity index (χ4n) is 1.41. The van der Waals surface area contributed by atoms with E-state index in [1.54, 1.807) is 11.6 Å². The van der Waals surface area contributed by atoms with Crippen LogP contribution in [0.5, 0.6) is 0 Å². The Morgan fingerprint density at radius 1 is 1.39 bits per heavy atom. The van der Waals surface area contributed by atoms with Gasteiger partial charge >= 0.3 is 6.03 Å². The third-order valence-corrected chi connectivity index (χ3v) is 2.98. The molecule has 0 bridgehead atoms. The number of rotatable bonds is 4. The quantitative estimate of drug-likeness (QED) is 0.789. The zero-order valence-corrected chi connectivity index (χ0v) is 10.4. The van der Waals surface area contributed by atoms with Gasteiger partial charge in [0, 0.05) is 18.1 Å². The van der Waals surface area contributed by atoms with Crippen molar-refractivity contribution in [2.75, 3.05) is 11.9 Å². The Morgan fingerprint density at radius 3 is 2.83 bits per heavy atom. The number of urea groups is 1. The van der Waals surface area contributed by atoms with Gasteiger partial charge in [0.05, 0.1) is 6.10 Å². The Labute approximate surface area is 108 Å². The van der Waals surface area contributed by atoms with Crippen LogP contribution >= 0.6 is 11.3 Å². The number of aromatic nitrogens is 1. The summed E-state index contributed by atoms with van der Waals surface area (Å²) < 4.78 is 0. The predicted molar refractivity (Wildman–Crippen MR) is 70.5 cm³/mol. The molecule has 0 fully saturated rings. The fraction of sp³-hybridized carbons (Fsp3) is 0.167. The lowest BCUT2D eigenvalue weighted by Gasteiger charge is -2.12. The van der Waals surface area contributed by atoms with Crippen LogP contribution in [0.25, 0.3) is 0 Å². The molecule has 0 aliphatic carbocycles. The van der Waals surface area contributed by atoms with Crippen molar-refractivity contribution in [2.45, 2.75) is 6.10 Å². The Morgan fingerprint density at radius 2 is 2.17 bits per heavy atom. The molecule has 1 aromatic carbocycles. The Kier molecular flexibility index (Phi) is 4.27. The topological polar surface area (TPSA) is 74.2 Å². The van der Waals surface area contributed by atoms with Crippen LogP contribution in [-0.2, 0) is 0 Å². The van der Waals surface area contributed by atoms with Crippen molar-refractivity contribution in [3.8, 4) is 0 Å². The molecule has 1 atom stereocenters. The molecule has 3 N–H and O–H groups in total. The first-order valence-corrected chi connectivity index (χ1v) is 6.31. The number of aliphatic hydroxyl groups excluding tert-OH is 1. The van der Waals surface area contributed by atoms with E-state index < -0.39 is 6.10 Å². The molecule has 2 amide bonds. The molecule has 2 aromatic rings. The van der Waals surface area contributed by atoms with Gasteiger partial charge in [0.15, 0.2) is 5.13 Å². The van der Waals surface area contributed by atoms with Crippen molar-refractivity contribution in [3.63, 3.8) is 0 Å². The molecule has 1 aromatic heterocycles. The summed E-state index contributed by atoms with van der Waals surface area (Å²) in [5, 5.41) is 17.3. The lowest BCUT2D eigenvalue weighted by molar-refractivity contribution is 0.175. The van der Waals surface area contributed by atoms with Crippen LogP contribution in [0.2, 0.25) is 0 Å². The third kappa shape index (κ3) is 3.54. The normalized spacial score (nSPS) is 11.8. The summed E-state index contributed by atoms with van der Waals surface area (Å²) in [5.74, 6) is 0. The predicted octanol–water partition coefficient (Wildman–Crippen LogP) is 2.00. The van der Waals surface area contributed by atoms with E-state index in [4.69, 9.17) is 0 Å². The summed E-state index contributed by atoms with van der Waals surface area (Å²) in [7, 11) is 0. The van der Waals surface area contributed by atoms with Crippen LogP contribution in [0.4, 0.5) is 9.93 Å². The number of nitrogens with zero attached hydrogens (tertiary/aromatic N) is 1. The van der Waals surface area contributed by atoms with Gasteiger partial charge in [-0.05, 0) is 5.56 Å². The van der Waals surface area contributed by atoms with E-state index in [0.29, 0.717) is 5.13 Å². The summed E-state index contributed by atoms with van der Waals surface area (Å²) in [5.41, 5.74) is 0.770. The second kappa shape index (κ2) is 6.13. The van der Waals surface area contributed by atoms with Crippen molar-refractivity contribution in [1.29, 1.82) is 0 Å². The molecule has 1 heterocycles. The van der Waals surface area contributed by atoms with Crippen molar-refractivity contribution < 1.29 is 9.90 Å². The van der Waals surface area contributed by atoms with Gasteiger partial charge in [-0.25, -0.2) is 9.78 Å². The number of aliphatic hydroxyl groups is 1. The van der Waals surface area contributed by atoms with Gasteiger partial charge in [0.25, 0.3) is 0 Å². The molecule has 0 aliphatic heterocycles. The number of nitrogens with one attached hydrogen (secondary N) is 2. The van der Waals surface area contributed by atoms with Crippen molar-refractivity contribution >= 4 is 22.5 Å². The zero-order valence-electron chi connectivity index (χ0n) is 9.54. The molecule has 6 heteroatoms. The van der Waals surface area contributed by atoms with E-state index in [2.05, 4.69) is 15.6 Å². The molecule has 0 saturated heterocycles. The molecular formula is C12H13N3O2S. The number of thiazole rings is 1. The van der Waals surface area contributed by atoms with Crippen LogP contribution in [0.1, 0.15) is 11.7 Å². The molecule has 94 valence electrons. The van der Waals surface area contributed by atoms with Gasteiger partial charge in [-0.1, -0.05) is 30.3 Å². The summed E-state index contributed by atoms with van der Waals surface area (Å²) >= 11 is 1.34. The molecule has 18 heavy (non-hydrogen) atoms. The maximum absolute atomic E-state index is 11.5. The number of anilines is 1. The average Bonchev–Trinajstić information content (AvgIpc) is 2.90. The molecule has 0 aliphatic rings. The SMILES string of the molecule is O=C(NC[C@H](O)c1ccccc1)Nc1nccs1. The van der Waals surface area contributed by atoms with Crippen LogP contribution < -0.4 is 10.6 Å². The van der Waals surface area contributed by atoms with E-state index >= 15 is 0 Å². The second-order valence-electron chi connectivity index (χ2n) is 3.60. The van der Waals surface area contributed by atoms with Crippen LogP contribution in [0, 0.1) is 0 Å². The molecule has 0 unspecified atom stereocenters. The monoisotopic (exact) mass is 263 g/mol. The number of benzene rings is 1. The first-order valence-electron chi connectivity index (χ1n) is 5.43. The highest BCUT2D eigenvalue weighted by molar-refractivity contribution is 7.13. The second-order valence-corrected chi connectivity index (χ2v) is 4.49. The van der Waals surface area contributed by atoms with Crippen molar-refractivity contribution in [1.82, 2.24) is 10.3 Å². The largest absolute Gasteiger partial charge is 0.387 e.